The molecule has 0 aliphatic rings. The highest BCUT2D eigenvalue weighted by molar-refractivity contribution is 14.1. The number of alkyl halides is 2. The Morgan fingerprint density at radius 3 is 2.58 bits per heavy atom. The van der Waals surface area contributed by atoms with Gasteiger partial charge in [0, 0.05) is 0 Å². The zero-order chi connectivity index (χ0) is 9.30. The van der Waals surface area contributed by atoms with Crippen LogP contribution in [0.3, 0.4) is 0 Å². The average Bonchev–Trinajstić information content (AvgIpc) is 1.82. The van der Waals surface area contributed by atoms with E-state index in [2.05, 4.69) is 4.98 Å². The van der Waals surface area contributed by atoms with Gasteiger partial charge in [0.2, 0.25) is 0 Å². The molecule has 0 atom stereocenters. The minimum atomic E-state index is -2.83. The highest BCUT2D eigenvalue weighted by Crippen LogP contribution is 2.23. The van der Waals surface area contributed by atoms with Gasteiger partial charge >= 0.3 is 0 Å². The normalized spacial score (nSPS) is 10.8. The lowest BCUT2D eigenvalue weighted by Crippen LogP contribution is -2.14. The van der Waals surface area contributed by atoms with Crippen molar-refractivity contribution in [3.05, 3.63) is 30.7 Å². The van der Waals surface area contributed by atoms with E-state index in [0.717, 1.165) is 0 Å². The molecule has 0 amide bonds. The number of H-pyrrole nitrogens is 1. The van der Waals surface area contributed by atoms with Crippen molar-refractivity contribution in [3.63, 3.8) is 0 Å². The van der Waals surface area contributed by atoms with Gasteiger partial charge in [-0.1, -0.05) is 11.6 Å². The van der Waals surface area contributed by atoms with Gasteiger partial charge in [0.1, 0.15) is 5.56 Å². The molecule has 0 saturated carbocycles. The van der Waals surface area contributed by atoms with E-state index in [-0.39, 0.29) is 5.02 Å². The van der Waals surface area contributed by atoms with E-state index in [9.17, 15) is 13.6 Å². The minimum Gasteiger partial charge on any atom is -0.317 e. The fraction of sp³-hybridized carbons (Fsp3) is 0.167. The molecular weight excluding hydrogens is 302 g/mol. The maximum Gasteiger partial charge on any atom is 0.270 e. The van der Waals surface area contributed by atoms with E-state index in [1.165, 1.54) is 6.07 Å². The van der Waals surface area contributed by atoms with Gasteiger partial charge in [-0.15, -0.1) is 0 Å². The molecule has 66 valence electrons. The summed E-state index contributed by atoms with van der Waals surface area (Å²) in [4.78, 5) is 13.1. The van der Waals surface area contributed by atoms with Gasteiger partial charge in [-0.25, -0.2) is 8.78 Å². The van der Waals surface area contributed by atoms with Gasteiger partial charge in [0.25, 0.3) is 12.0 Å². The van der Waals surface area contributed by atoms with Crippen LogP contribution in [0.2, 0.25) is 5.02 Å². The van der Waals surface area contributed by atoms with Crippen LogP contribution in [0, 0.1) is 3.70 Å². The number of rotatable bonds is 1. The first-order valence-corrected chi connectivity index (χ1v) is 4.34. The Morgan fingerprint density at radius 2 is 2.17 bits per heavy atom. The molecule has 6 heteroatoms. The third kappa shape index (κ3) is 1.95. The Bertz CT molecular complexity index is 352. The van der Waals surface area contributed by atoms with Gasteiger partial charge < -0.3 is 4.98 Å². The summed E-state index contributed by atoms with van der Waals surface area (Å²) in [5.74, 6) is 0. The maximum absolute atomic E-state index is 12.1. The predicted molar refractivity (Wildman–Crippen MR) is 49.7 cm³/mol. The fourth-order valence-electron chi connectivity index (χ4n) is 0.713. The van der Waals surface area contributed by atoms with Crippen molar-refractivity contribution in [1.82, 2.24) is 4.98 Å². The average molecular weight is 305 g/mol. The number of aromatic nitrogens is 1. The highest BCUT2D eigenvalue weighted by atomic mass is 127. The first-order chi connectivity index (χ1) is 5.52. The second-order valence-corrected chi connectivity index (χ2v) is 3.58. The van der Waals surface area contributed by atoms with Crippen molar-refractivity contribution in [1.29, 1.82) is 0 Å². The van der Waals surface area contributed by atoms with E-state index in [1.807, 2.05) is 0 Å². The topological polar surface area (TPSA) is 32.9 Å². The third-order valence-electron chi connectivity index (χ3n) is 1.21. The van der Waals surface area contributed by atoms with E-state index >= 15 is 0 Å². The van der Waals surface area contributed by atoms with Gasteiger partial charge in [0.15, 0.2) is 0 Å². The van der Waals surface area contributed by atoms with Crippen LogP contribution in [0.25, 0.3) is 0 Å². The molecule has 0 unspecified atom stereocenters. The van der Waals surface area contributed by atoms with Gasteiger partial charge in [-0.2, -0.15) is 0 Å². The first-order valence-electron chi connectivity index (χ1n) is 2.88. The van der Waals surface area contributed by atoms with Crippen molar-refractivity contribution in [2.24, 2.45) is 0 Å². The molecule has 0 spiro atoms. The van der Waals surface area contributed by atoms with Crippen LogP contribution >= 0.6 is 34.2 Å². The molecule has 0 radical (unpaired) electrons. The number of hydrogen-bond donors (Lipinski definition) is 1. The van der Waals surface area contributed by atoms with E-state index in [4.69, 9.17) is 11.6 Å². The van der Waals surface area contributed by atoms with Crippen LogP contribution in [-0.4, -0.2) is 4.98 Å². The van der Waals surface area contributed by atoms with E-state index < -0.39 is 17.5 Å². The second-order valence-electron chi connectivity index (χ2n) is 2.01. The summed E-state index contributed by atoms with van der Waals surface area (Å²) in [7, 11) is 0. The van der Waals surface area contributed by atoms with Crippen molar-refractivity contribution >= 4 is 34.2 Å². The SMILES string of the molecule is O=c1[nH]c(I)cc(Cl)c1C(F)F. The molecule has 0 saturated heterocycles. The van der Waals surface area contributed by atoms with E-state index in [1.54, 1.807) is 22.6 Å². The molecule has 0 aliphatic carbocycles. The first kappa shape index (κ1) is 9.91. The molecule has 1 aromatic heterocycles. The summed E-state index contributed by atoms with van der Waals surface area (Å²) in [6.45, 7) is 0. The predicted octanol–water partition coefficient (Wildman–Crippen LogP) is 2.57. The van der Waals surface area contributed by atoms with Crippen molar-refractivity contribution in [2.45, 2.75) is 6.43 Å². The van der Waals surface area contributed by atoms with E-state index in [0.29, 0.717) is 3.70 Å². The lowest BCUT2D eigenvalue weighted by molar-refractivity contribution is 0.149. The van der Waals surface area contributed by atoms with Crippen LogP contribution in [0.1, 0.15) is 12.0 Å². The molecule has 2 nitrogen and oxygen atoms in total. The largest absolute Gasteiger partial charge is 0.317 e. The van der Waals surface area contributed by atoms with Crippen LogP contribution < -0.4 is 5.56 Å². The zero-order valence-corrected chi connectivity index (χ0v) is 8.49. The molecule has 1 N–H and O–H groups in total. The second kappa shape index (κ2) is 3.69. The number of halogens is 4. The molecule has 1 heterocycles. The van der Waals surface area contributed by atoms with Gasteiger partial charge in [-0.05, 0) is 28.7 Å². The summed E-state index contributed by atoms with van der Waals surface area (Å²) < 4.78 is 24.7. The number of pyridine rings is 1. The molecule has 0 fully saturated rings. The Labute approximate surface area is 85.1 Å². The van der Waals surface area contributed by atoms with Crippen molar-refractivity contribution in [2.75, 3.05) is 0 Å². The molecular formula is C6H3ClF2INO. The number of aromatic amines is 1. The quantitative estimate of drug-likeness (QED) is 0.628. The van der Waals surface area contributed by atoms with Crippen molar-refractivity contribution < 1.29 is 8.78 Å². The third-order valence-corrected chi connectivity index (χ3v) is 2.10. The molecule has 1 rings (SSSR count). The maximum atomic E-state index is 12.1. The lowest BCUT2D eigenvalue weighted by Gasteiger charge is -2.00. The number of nitrogens with one attached hydrogen (secondary N) is 1. The van der Waals surface area contributed by atoms with Crippen molar-refractivity contribution in [3.8, 4) is 0 Å². The fourth-order valence-corrected chi connectivity index (χ4v) is 1.73. The zero-order valence-electron chi connectivity index (χ0n) is 5.57. The summed E-state index contributed by atoms with van der Waals surface area (Å²) >= 11 is 7.21. The lowest BCUT2D eigenvalue weighted by atomic mass is 10.3. The minimum absolute atomic E-state index is 0.196. The number of hydrogen-bond acceptors (Lipinski definition) is 1. The van der Waals surface area contributed by atoms with Crippen LogP contribution in [-0.2, 0) is 0 Å². The smallest absolute Gasteiger partial charge is 0.270 e. The monoisotopic (exact) mass is 305 g/mol. The highest BCUT2D eigenvalue weighted by Gasteiger charge is 2.16. The Morgan fingerprint density at radius 1 is 1.58 bits per heavy atom. The standard InChI is InChI=1S/C6H3ClF2INO/c7-2-1-3(10)11-6(12)4(2)5(8)9/h1,5H,(H,11,12). The Balaban J connectivity index is 3.39. The van der Waals surface area contributed by atoms with Crippen LogP contribution in [0.5, 0.6) is 0 Å². The summed E-state index contributed by atoms with van der Waals surface area (Å²) in [6, 6.07) is 1.28. The van der Waals surface area contributed by atoms with Gasteiger partial charge in [-0.3, -0.25) is 4.79 Å². The summed E-state index contributed by atoms with van der Waals surface area (Å²) in [6.07, 6.45) is -2.83. The molecule has 0 bridgehead atoms. The van der Waals surface area contributed by atoms with Crippen LogP contribution in [0.15, 0.2) is 10.9 Å². The molecule has 1 aromatic rings. The molecule has 12 heavy (non-hydrogen) atoms. The Hall–Kier alpha value is -0.170. The summed E-state index contributed by atoms with van der Waals surface area (Å²) in [5, 5.41) is -0.196. The van der Waals surface area contributed by atoms with Gasteiger partial charge in [0.05, 0.1) is 8.72 Å². The molecule has 0 aromatic carbocycles. The Kier molecular flexibility index (Phi) is 3.05. The summed E-state index contributed by atoms with van der Waals surface area (Å²) in [5.41, 5.74) is -1.50. The molecule has 0 aliphatic heterocycles. The van der Waals surface area contributed by atoms with Crippen LogP contribution in [0.4, 0.5) is 8.78 Å².